The SMILES string of the molecule is O=C1C(O)=C(c2c[nH]c3ccccc23)C(c2ccc(O)cc2)N1CCCn1ccnc1. The van der Waals surface area contributed by atoms with E-state index >= 15 is 0 Å². The van der Waals surface area contributed by atoms with Crippen LogP contribution in [-0.2, 0) is 11.3 Å². The Morgan fingerprint density at radius 1 is 1.03 bits per heavy atom. The maximum Gasteiger partial charge on any atom is 0.289 e. The van der Waals surface area contributed by atoms with Crippen molar-refractivity contribution in [2.75, 3.05) is 6.54 Å². The molecule has 2 aromatic carbocycles. The number of rotatable bonds is 6. The van der Waals surface area contributed by atoms with Gasteiger partial charge in [0.2, 0.25) is 0 Å². The summed E-state index contributed by atoms with van der Waals surface area (Å²) >= 11 is 0. The molecule has 1 unspecified atom stereocenters. The van der Waals surface area contributed by atoms with Crippen LogP contribution in [-0.4, -0.2) is 42.1 Å². The Labute approximate surface area is 178 Å². The number of benzene rings is 2. The van der Waals surface area contributed by atoms with E-state index in [-0.39, 0.29) is 17.4 Å². The van der Waals surface area contributed by atoms with Gasteiger partial charge in [0.05, 0.1) is 12.4 Å². The first kappa shape index (κ1) is 19.0. The number of aryl methyl sites for hydroxylation is 1. The first-order chi connectivity index (χ1) is 15.1. The summed E-state index contributed by atoms with van der Waals surface area (Å²) < 4.78 is 1.96. The number of nitrogens with one attached hydrogen (secondary N) is 1. The van der Waals surface area contributed by atoms with Crippen molar-refractivity contribution < 1.29 is 15.0 Å². The Morgan fingerprint density at radius 2 is 1.84 bits per heavy atom. The smallest absolute Gasteiger partial charge is 0.289 e. The Hall–Kier alpha value is -4.00. The molecule has 1 amide bonds. The summed E-state index contributed by atoms with van der Waals surface area (Å²) in [7, 11) is 0. The number of para-hydroxylation sites is 1. The van der Waals surface area contributed by atoms with Crippen LogP contribution >= 0.6 is 0 Å². The number of carbonyl (C=O) groups is 1. The number of phenols is 1. The van der Waals surface area contributed by atoms with Gasteiger partial charge in [0.25, 0.3) is 5.91 Å². The number of fused-ring (bicyclic) bond motifs is 1. The topological polar surface area (TPSA) is 94.4 Å². The van der Waals surface area contributed by atoms with Gasteiger partial charge in [-0.25, -0.2) is 4.98 Å². The highest BCUT2D eigenvalue weighted by atomic mass is 16.3. The number of aliphatic hydroxyl groups excluding tert-OH is 1. The van der Waals surface area contributed by atoms with E-state index in [9.17, 15) is 15.0 Å². The normalized spacial score (nSPS) is 16.6. The number of carbonyl (C=O) groups excluding carboxylic acids is 1. The van der Waals surface area contributed by atoms with Crippen LogP contribution in [0.5, 0.6) is 5.75 Å². The van der Waals surface area contributed by atoms with Gasteiger partial charge in [0, 0.05) is 53.7 Å². The Kier molecular flexibility index (Phi) is 4.71. The number of H-pyrrole nitrogens is 1. The average molecular weight is 414 g/mol. The van der Waals surface area contributed by atoms with Crippen molar-refractivity contribution in [3.05, 3.63) is 90.3 Å². The van der Waals surface area contributed by atoms with Crippen molar-refractivity contribution in [2.24, 2.45) is 0 Å². The molecule has 4 aromatic rings. The van der Waals surface area contributed by atoms with E-state index in [2.05, 4.69) is 9.97 Å². The fourth-order valence-electron chi connectivity index (χ4n) is 4.30. The molecule has 0 saturated heterocycles. The second kappa shape index (κ2) is 7.68. The Balaban J connectivity index is 1.54. The van der Waals surface area contributed by atoms with E-state index in [1.165, 1.54) is 0 Å². The molecule has 5 rings (SSSR count). The highest BCUT2D eigenvalue weighted by Crippen LogP contribution is 2.45. The molecular weight excluding hydrogens is 392 g/mol. The van der Waals surface area contributed by atoms with Crippen molar-refractivity contribution in [3.8, 4) is 5.75 Å². The van der Waals surface area contributed by atoms with Gasteiger partial charge in [-0.15, -0.1) is 0 Å². The molecule has 7 nitrogen and oxygen atoms in total. The zero-order valence-electron chi connectivity index (χ0n) is 16.8. The van der Waals surface area contributed by atoms with E-state index < -0.39 is 6.04 Å². The largest absolute Gasteiger partial charge is 0.508 e. The second-order valence-corrected chi connectivity index (χ2v) is 7.66. The third-order valence-corrected chi connectivity index (χ3v) is 5.77. The number of hydrogen-bond donors (Lipinski definition) is 3. The fraction of sp³-hybridized carbons (Fsp3) is 0.167. The molecule has 3 heterocycles. The molecule has 0 radical (unpaired) electrons. The van der Waals surface area contributed by atoms with Crippen molar-refractivity contribution in [3.63, 3.8) is 0 Å². The number of amides is 1. The number of aliphatic hydroxyl groups is 1. The maximum absolute atomic E-state index is 13.1. The first-order valence-corrected chi connectivity index (χ1v) is 10.2. The van der Waals surface area contributed by atoms with Crippen molar-refractivity contribution >= 4 is 22.4 Å². The Morgan fingerprint density at radius 3 is 2.61 bits per heavy atom. The van der Waals surface area contributed by atoms with E-state index in [1.807, 2.05) is 41.2 Å². The number of aromatic nitrogens is 3. The molecule has 0 aliphatic carbocycles. The van der Waals surface area contributed by atoms with Gasteiger partial charge < -0.3 is 24.7 Å². The van der Waals surface area contributed by atoms with Crippen LogP contribution in [0.3, 0.4) is 0 Å². The summed E-state index contributed by atoms with van der Waals surface area (Å²) in [6.07, 6.45) is 7.91. The van der Waals surface area contributed by atoms with Gasteiger partial charge in [-0.3, -0.25) is 4.79 Å². The summed E-state index contributed by atoms with van der Waals surface area (Å²) in [4.78, 5) is 22.1. The maximum atomic E-state index is 13.1. The lowest BCUT2D eigenvalue weighted by Gasteiger charge is -2.27. The molecular formula is C24H22N4O3. The van der Waals surface area contributed by atoms with Gasteiger partial charge in [0.1, 0.15) is 5.75 Å². The Bertz CT molecular complexity index is 1260. The zero-order valence-corrected chi connectivity index (χ0v) is 16.8. The van der Waals surface area contributed by atoms with E-state index in [4.69, 9.17) is 0 Å². The van der Waals surface area contributed by atoms with E-state index in [0.29, 0.717) is 18.5 Å². The van der Waals surface area contributed by atoms with Crippen molar-refractivity contribution in [1.82, 2.24) is 19.4 Å². The van der Waals surface area contributed by atoms with Crippen LogP contribution in [0, 0.1) is 0 Å². The molecule has 0 fully saturated rings. The number of aromatic hydroxyl groups is 1. The molecule has 1 aliphatic heterocycles. The number of nitrogens with zero attached hydrogens (tertiary/aromatic N) is 3. The molecule has 1 aliphatic rings. The number of aromatic amines is 1. The van der Waals surface area contributed by atoms with Crippen LogP contribution in [0.1, 0.15) is 23.6 Å². The zero-order chi connectivity index (χ0) is 21.4. The van der Waals surface area contributed by atoms with Gasteiger partial charge >= 0.3 is 0 Å². The van der Waals surface area contributed by atoms with Gasteiger partial charge in [-0.05, 0) is 30.2 Å². The van der Waals surface area contributed by atoms with Crippen molar-refractivity contribution in [1.29, 1.82) is 0 Å². The monoisotopic (exact) mass is 414 g/mol. The molecule has 1 atom stereocenters. The quantitative estimate of drug-likeness (QED) is 0.444. The lowest BCUT2D eigenvalue weighted by molar-refractivity contribution is -0.129. The molecule has 31 heavy (non-hydrogen) atoms. The minimum atomic E-state index is -0.449. The van der Waals surface area contributed by atoms with Gasteiger partial charge in [-0.1, -0.05) is 30.3 Å². The summed E-state index contributed by atoms with van der Waals surface area (Å²) in [5.74, 6) is -0.462. The number of phenolic OH excluding ortho intramolecular Hbond substituents is 1. The molecule has 156 valence electrons. The van der Waals surface area contributed by atoms with Crippen LogP contribution in [0.25, 0.3) is 16.5 Å². The summed E-state index contributed by atoms with van der Waals surface area (Å²) in [6, 6.07) is 14.2. The highest BCUT2D eigenvalue weighted by Gasteiger charge is 2.41. The second-order valence-electron chi connectivity index (χ2n) is 7.66. The lowest BCUT2D eigenvalue weighted by atomic mass is 9.93. The van der Waals surface area contributed by atoms with Crippen LogP contribution in [0.15, 0.2) is 79.2 Å². The van der Waals surface area contributed by atoms with Crippen LogP contribution in [0.2, 0.25) is 0 Å². The molecule has 0 spiro atoms. The predicted octanol–water partition coefficient (Wildman–Crippen LogP) is 4.01. The van der Waals surface area contributed by atoms with Crippen LogP contribution in [0.4, 0.5) is 0 Å². The molecule has 0 saturated carbocycles. The molecule has 0 bridgehead atoms. The van der Waals surface area contributed by atoms with E-state index in [0.717, 1.165) is 28.6 Å². The standard InChI is InChI=1S/C24H22N4O3/c29-17-8-6-16(7-9-17)22-21(19-14-26-20-5-2-1-4-18(19)20)23(30)24(31)28(22)12-3-11-27-13-10-25-15-27/h1-2,4-10,13-15,22,26,29-30H,3,11-12H2. The van der Waals surface area contributed by atoms with E-state index in [1.54, 1.807) is 41.7 Å². The minimum Gasteiger partial charge on any atom is -0.508 e. The van der Waals surface area contributed by atoms with Crippen molar-refractivity contribution in [2.45, 2.75) is 19.0 Å². The minimum absolute atomic E-state index is 0.154. The third kappa shape index (κ3) is 3.34. The fourth-order valence-corrected chi connectivity index (χ4v) is 4.30. The van der Waals surface area contributed by atoms with Gasteiger partial charge in [0.15, 0.2) is 5.76 Å². The molecule has 7 heteroatoms. The summed E-state index contributed by atoms with van der Waals surface area (Å²) in [5.41, 5.74) is 3.15. The average Bonchev–Trinajstić information content (AvgIpc) is 3.50. The van der Waals surface area contributed by atoms with Crippen LogP contribution < -0.4 is 0 Å². The predicted molar refractivity (Wildman–Crippen MR) is 117 cm³/mol. The number of imidazole rings is 1. The summed E-state index contributed by atoms with van der Waals surface area (Å²) in [5, 5.41) is 21.6. The lowest BCUT2D eigenvalue weighted by Crippen LogP contribution is -2.31. The molecule has 3 N–H and O–H groups in total. The third-order valence-electron chi connectivity index (χ3n) is 5.77. The van der Waals surface area contributed by atoms with Gasteiger partial charge in [-0.2, -0.15) is 0 Å². The highest BCUT2D eigenvalue weighted by molar-refractivity contribution is 6.08. The number of hydrogen-bond acceptors (Lipinski definition) is 4. The first-order valence-electron chi connectivity index (χ1n) is 10.2. The molecule has 2 aromatic heterocycles. The summed E-state index contributed by atoms with van der Waals surface area (Å²) in [6.45, 7) is 1.19.